The maximum absolute atomic E-state index is 12.8. The highest BCUT2D eigenvalue weighted by Crippen LogP contribution is 2.28. The number of rotatable bonds is 4. The predicted octanol–water partition coefficient (Wildman–Crippen LogP) is 3.68. The minimum atomic E-state index is -0.775. The first kappa shape index (κ1) is 18.2. The maximum atomic E-state index is 12.8. The van der Waals surface area contributed by atoms with Crippen LogP contribution in [0.4, 0.5) is 11.6 Å². The van der Waals surface area contributed by atoms with Crippen molar-refractivity contribution in [3.63, 3.8) is 0 Å². The van der Waals surface area contributed by atoms with E-state index in [1.807, 2.05) is 24.3 Å². The second-order valence-electron chi connectivity index (χ2n) is 6.52. The molecule has 0 saturated carbocycles. The van der Waals surface area contributed by atoms with Crippen LogP contribution < -0.4 is 10.6 Å². The molecule has 1 aliphatic rings. The number of carbonyl (C=O) groups excluding carboxylic acids is 2. The molecular weight excluding hydrogens is 378 g/mol. The molecule has 3 aromatic rings. The SMILES string of the molecule is CCc1ccc(NC(=O)[C@H]2CC(=O)Nc3nc(-c4ccc(Cl)cc4)nn32)cc1. The maximum Gasteiger partial charge on any atom is 0.249 e. The van der Waals surface area contributed by atoms with Crippen LogP contribution in [0.25, 0.3) is 11.4 Å². The lowest BCUT2D eigenvalue weighted by molar-refractivity contribution is -0.125. The van der Waals surface area contributed by atoms with Gasteiger partial charge in [-0.25, -0.2) is 4.68 Å². The van der Waals surface area contributed by atoms with Gasteiger partial charge in [0, 0.05) is 16.3 Å². The van der Waals surface area contributed by atoms with Gasteiger partial charge in [-0.1, -0.05) is 30.7 Å². The lowest BCUT2D eigenvalue weighted by Gasteiger charge is -2.22. The number of aromatic nitrogens is 3. The Morgan fingerprint density at radius 1 is 1.21 bits per heavy atom. The van der Waals surface area contributed by atoms with E-state index in [-0.39, 0.29) is 24.2 Å². The summed E-state index contributed by atoms with van der Waals surface area (Å²) in [7, 11) is 0. The lowest BCUT2D eigenvalue weighted by Crippen LogP contribution is -2.36. The highest BCUT2D eigenvalue weighted by molar-refractivity contribution is 6.30. The summed E-state index contributed by atoms with van der Waals surface area (Å²) in [6, 6.07) is 13.9. The average molecular weight is 396 g/mol. The second kappa shape index (κ2) is 7.44. The van der Waals surface area contributed by atoms with E-state index in [1.54, 1.807) is 24.3 Å². The van der Waals surface area contributed by atoms with Gasteiger partial charge in [0.15, 0.2) is 5.82 Å². The molecule has 0 bridgehead atoms. The molecule has 0 aliphatic carbocycles. The van der Waals surface area contributed by atoms with Crippen LogP contribution >= 0.6 is 11.6 Å². The third-order valence-electron chi connectivity index (χ3n) is 4.59. The smallest absolute Gasteiger partial charge is 0.249 e. The summed E-state index contributed by atoms with van der Waals surface area (Å²) < 4.78 is 1.46. The molecule has 2 amide bonds. The van der Waals surface area contributed by atoms with Crippen LogP contribution in [-0.2, 0) is 16.0 Å². The van der Waals surface area contributed by atoms with E-state index in [0.717, 1.165) is 12.0 Å². The van der Waals surface area contributed by atoms with E-state index in [4.69, 9.17) is 11.6 Å². The van der Waals surface area contributed by atoms with E-state index in [1.165, 1.54) is 10.2 Å². The minimum absolute atomic E-state index is 0.00467. The van der Waals surface area contributed by atoms with Gasteiger partial charge in [-0.3, -0.25) is 14.9 Å². The fraction of sp³-hybridized carbons (Fsp3) is 0.200. The molecule has 142 valence electrons. The molecule has 1 atom stereocenters. The molecule has 0 fully saturated rings. The quantitative estimate of drug-likeness (QED) is 0.705. The molecule has 2 heterocycles. The van der Waals surface area contributed by atoms with Crippen molar-refractivity contribution in [1.29, 1.82) is 0 Å². The number of hydrogen-bond acceptors (Lipinski definition) is 4. The zero-order valence-corrected chi connectivity index (χ0v) is 15.9. The topological polar surface area (TPSA) is 88.9 Å². The number of hydrogen-bond donors (Lipinski definition) is 2. The summed E-state index contributed by atoms with van der Waals surface area (Å²) in [5.74, 6) is 0.0820. The van der Waals surface area contributed by atoms with Crippen LogP contribution in [0.1, 0.15) is 24.9 Å². The van der Waals surface area contributed by atoms with Gasteiger partial charge in [0.25, 0.3) is 0 Å². The van der Waals surface area contributed by atoms with Crippen molar-refractivity contribution in [2.24, 2.45) is 0 Å². The Morgan fingerprint density at radius 2 is 1.93 bits per heavy atom. The fourth-order valence-electron chi connectivity index (χ4n) is 3.04. The van der Waals surface area contributed by atoms with Crippen molar-refractivity contribution in [3.8, 4) is 11.4 Å². The molecule has 28 heavy (non-hydrogen) atoms. The summed E-state index contributed by atoms with van der Waals surface area (Å²) in [5, 5.41) is 10.6. The van der Waals surface area contributed by atoms with Gasteiger partial charge >= 0.3 is 0 Å². The normalized spacial score (nSPS) is 15.6. The summed E-state index contributed by atoms with van der Waals surface area (Å²) in [6.45, 7) is 2.07. The third kappa shape index (κ3) is 3.61. The van der Waals surface area contributed by atoms with Crippen molar-refractivity contribution < 1.29 is 9.59 Å². The molecule has 0 saturated heterocycles. The van der Waals surface area contributed by atoms with E-state index < -0.39 is 6.04 Å². The number of anilines is 2. The first-order chi connectivity index (χ1) is 13.5. The number of aryl methyl sites for hydroxylation is 1. The van der Waals surface area contributed by atoms with E-state index in [0.29, 0.717) is 16.5 Å². The van der Waals surface area contributed by atoms with Gasteiger partial charge in [-0.2, -0.15) is 4.98 Å². The summed E-state index contributed by atoms with van der Waals surface area (Å²) in [5.41, 5.74) is 2.60. The second-order valence-corrected chi connectivity index (χ2v) is 6.95. The van der Waals surface area contributed by atoms with Gasteiger partial charge in [-0.05, 0) is 48.4 Å². The number of nitrogens with one attached hydrogen (secondary N) is 2. The number of benzene rings is 2. The lowest BCUT2D eigenvalue weighted by atomic mass is 10.1. The van der Waals surface area contributed by atoms with E-state index in [9.17, 15) is 9.59 Å². The van der Waals surface area contributed by atoms with Crippen molar-refractivity contribution >= 4 is 35.1 Å². The van der Waals surface area contributed by atoms with Crippen LogP contribution in [0, 0.1) is 0 Å². The first-order valence-corrected chi connectivity index (χ1v) is 9.33. The Hall–Kier alpha value is -3.19. The van der Waals surface area contributed by atoms with Crippen LogP contribution in [0.5, 0.6) is 0 Å². The van der Waals surface area contributed by atoms with Crippen molar-refractivity contribution in [2.45, 2.75) is 25.8 Å². The molecule has 4 rings (SSSR count). The molecule has 0 spiro atoms. The molecule has 1 aromatic heterocycles. The zero-order valence-electron chi connectivity index (χ0n) is 15.1. The standard InChI is InChI=1S/C20H18ClN5O2/c1-2-12-3-9-15(10-4-12)22-19(28)16-11-17(27)23-20-24-18(25-26(16)20)13-5-7-14(21)8-6-13/h3-10,16H,2,11H2,1H3,(H,22,28)(H,23,24,25,27)/t16-/m1/s1. The average Bonchev–Trinajstić information content (AvgIpc) is 3.12. The van der Waals surface area contributed by atoms with Crippen LogP contribution in [0.3, 0.4) is 0 Å². The Bertz CT molecular complexity index is 1030. The Kier molecular flexibility index (Phi) is 4.83. The van der Waals surface area contributed by atoms with E-state index in [2.05, 4.69) is 27.6 Å². The zero-order chi connectivity index (χ0) is 19.7. The fourth-order valence-corrected chi connectivity index (χ4v) is 3.16. The Balaban J connectivity index is 1.61. The van der Waals surface area contributed by atoms with Crippen molar-refractivity contribution in [3.05, 3.63) is 59.1 Å². The predicted molar refractivity (Wildman–Crippen MR) is 107 cm³/mol. The van der Waals surface area contributed by atoms with Gasteiger partial charge in [0.2, 0.25) is 17.8 Å². The number of amides is 2. The number of halogens is 1. The molecule has 1 aliphatic heterocycles. The summed E-state index contributed by atoms with van der Waals surface area (Å²) in [6.07, 6.45) is 0.919. The highest BCUT2D eigenvalue weighted by Gasteiger charge is 2.33. The molecule has 2 aromatic carbocycles. The van der Waals surface area contributed by atoms with Crippen LogP contribution in [-0.4, -0.2) is 26.6 Å². The number of carbonyl (C=O) groups is 2. The number of fused-ring (bicyclic) bond motifs is 1. The van der Waals surface area contributed by atoms with E-state index >= 15 is 0 Å². The van der Waals surface area contributed by atoms with Gasteiger partial charge in [0.05, 0.1) is 6.42 Å². The van der Waals surface area contributed by atoms with Crippen LogP contribution in [0.2, 0.25) is 5.02 Å². The third-order valence-corrected chi connectivity index (χ3v) is 4.84. The molecule has 0 unspecified atom stereocenters. The van der Waals surface area contributed by atoms with Gasteiger partial charge in [-0.15, -0.1) is 5.10 Å². The Morgan fingerprint density at radius 3 is 2.61 bits per heavy atom. The number of nitrogens with zero attached hydrogens (tertiary/aromatic N) is 3. The van der Waals surface area contributed by atoms with Crippen LogP contribution in [0.15, 0.2) is 48.5 Å². The summed E-state index contributed by atoms with van der Waals surface area (Å²) in [4.78, 5) is 29.3. The monoisotopic (exact) mass is 395 g/mol. The van der Waals surface area contributed by atoms with Crippen molar-refractivity contribution in [2.75, 3.05) is 10.6 Å². The molecule has 0 radical (unpaired) electrons. The highest BCUT2D eigenvalue weighted by atomic mass is 35.5. The Labute approximate surface area is 166 Å². The minimum Gasteiger partial charge on any atom is -0.324 e. The summed E-state index contributed by atoms with van der Waals surface area (Å²) >= 11 is 5.92. The molecule has 7 nitrogen and oxygen atoms in total. The van der Waals surface area contributed by atoms with Gasteiger partial charge in [0.1, 0.15) is 6.04 Å². The molecule has 8 heteroatoms. The van der Waals surface area contributed by atoms with Crippen molar-refractivity contribution in [1.82, 2.24) is 14.8 Å². The largest absolute Gasteiger partial charge is 0.324 e. The molecule has 2 N–H and O–H groups in total. The molecular formula is C20H18ClN5O2. The first-order valence-electron chi connectivity index (χ1n) is 8.95. The van der Waals surface area contributed by atoms with Gasteiger partial charge < -0.3 is 5.32 Å².